The van der Waals surface area contributed by atoms with Crippen LogP contribution in [0.15, 0.2) is 0 Å². The molecule has 3 aliphatic heterocycles. The van der Waals surface area contributed by atoms with Crippen LogP contribution in [0.25, 0.3) is 0 Å². The average molecular weight is 376 g/mol. The van der Waals surface area contributed by atoms with Crippen molar-refractivity contribution in [1.82, 2.24) is 14.9 Å². The number of likely N-dealkylation sites (N-methyl/N-ethyl adjacent to an activating group) is 1. The van der Waals surface area contributed by atoms with Gasteiger partial charge >= 0.3 is 0 Å². The number of amides is 1. The zero-order chi connectivity index (χ0) is 19.1. The van der Waals surface area contributed by atoms with Crippen molar-refractivity contribution in [3.05, 3.63) is 0 Å². The number of carbonyl (C=O) groups excluding carboxylic acids is 1. The highest BCUT2D eigenvalue weighted by atomic mass is 16.5. The fourth-order valence-electron chi connectivity index (χ4n) is 7.81. The summed E-state index contributed by atoms with van der Waals surface area (Å²) in [6, 6.07) is 0.661. The second-order valence-corrected chi connectivity index (χ2v) is 10.7. The third-order valence-corrected chi connectivity index (χ3v) is 9.04. The molecular weight excluding hydrogens is 338 g/mol. The molecule has 152 valence electrons. The summed E-state index contributed by atoms with van der Waals surface area (Å²) >= 11 is 0. The van der Waals surface area contributed by atoms with Crippen molar-refractivity contribution in [3.63, 3.8) is 0 Å². The number of hydrazine groups is 1. The molecular formula is C22H37N3O2. The summed E-state index contributed by atoms with van der Waals surface area (Å²) in [7, 11) is 2.14. The van der Waals surface area contributed by atoms with Crippen molar-refractivity contribution in [2.45, 2.75) is 103 Å². The molecule has 5 aliphatic rings. The molecule has 3 heterocycles. The van der Waals surface area contributed by atoms with Crippen molar-refractivity contribution < 1.29 is 9.53 Å². The van der Waals surface area contributed by atoms with Gasteiger partial charge in [0, 0.05) is 37.4 Å². The third-order valence-electron chi connectivity index (χ3n) is 9.04. The lowest BCUT2D eigenvalue weighted by Crippen LogP contribution is -2.65. The predicted octanol–water partition coefficient (Wildman–Crippen LogP) is 3.25. The summed E-state index contributed by atoms with van der Waals surface area (Å²) in [4.78, 5) is 15.2. The molecule has 0 bridgehead atoms. The van der Waals surface area contributed by atoms with Gasteiger partial charge in [0.25, 0.3) is 0 Å². The summed E-state index contributed by atoms with van der Waals surface area (Å²) in [6.45, 7) is 10.1. The first-order valence-corrected chi connectivity index (χ1v) is 11.2. The Morgan fingerprint density at radius 3 is 2.67 bits per heavy atom. The van der Waals surface area contributed by atoms with Crippen molar-refractivity contribution in [2.75, 3.05) is 13.6 Å². The first-order valence-electron chi connectivity index (χ1n) is 11.2. The Kier molecular flexibility index (Phi) is 4.04. The zero-order valence-electron chi connectivity index (χ0n) is 17.8. The van der Waals surface area contributed by atoms with E-state index >= 15 is 0 Å². The predicted molar refractivity (Wildman–Crippen MR) is 105 cm³/mol. The quantitative estimate of drug-likeness (QED) is 0.651. The van der Waals surface area contributed by atoms with Crippen LogP contribution in [-0.4, -0.2) is 64.4 Å². The van der Waals surface area contributed by atoms with Crippen LogP contribution >= 0.6 is 0 Å². The van der Waals surface area contributed by atoms with Gasteiger partial charge in [-0.1, -0.05) is 26.2 Å². The molecule has 1 spiro atoms. The highest BCUT2D eigenvalue weighted by Gasteiger charge is 2.70. The van der Waals surface area contributed by atoms with Gasteiger partial charge in [0.05, 0.1) is 18.2 Å². The molecule has 2 aliphatic carbocycles. The number of hydrogen-bond acceptors (Lipinski definition) is 4. The molecule has 5 rings (SSSR count). The Morgan fingerprint density at radius 2 is 1.93 bits per heavy atom. The molecule has 0 unspecified atom stereocenters. The number of nitrogens with zero attached hydrogens (tertiary/aromatic N) is 3. The second-order valence-electron chi connectivity index (χ2n) is 10.7. The summed E-state index contributed by atoms with van der Waals surface area (Å²) in [5, 5.41) is 4.37. The van der Waals surface area contributed by atoms with Gasteiger partial charge < -0.3 is 4.74 Å². The van der Waals surface area contributed by atoms with Crippen molar-refractivity contribution in [3.8, 4) is 0 Å². The van der Waals surface area contributed by atoms with Crippen molar-refractivity contribution >= 4 is 5.91 Å². The largest absolute Gasteiger partial charge is 0.358 e. The molecule has 7 atom stereocenters. The Balaban J connectivity index is 1.55. The topological polar surface area (TPSA) is 36.0 Å². The molecule has 0 radical (unpaired) electrons. The van der Waals surface area contributed by atoms with Gasteiger partial charge in [-0.05, 0) is 45.4 Å². The minimum absolute atomic E-state index is 0.126. The highest BCUT2D eigenvalue weighted by Crippen LogP contribution is 2.59. The number of carbonyl (C=O) groups is 1. The van der Waals surface area contributed by atoms with Crippen LogP contribution in [0, 0.1) is 17.3 Å². The van der Waals surface area contributed by atoms with Crippen LogP contribution in [0.4, 0.5) is 0 Å². The van der Waals surface area contributed by atoms with Gasteiger partial charge in [-0.15, -0.1) is 0 Å². The summed E-state index contributed by atoms with van der Waals surface area (Å²) in [6.07, 6.45) is 9.23. The number of fused-ring (bicyclic) bond motifs is 3. The van der Waals surface area contributed by atoms with Crippen LogP contribution in [0.5, 0.6) is 0 Å². The van der Waals surface area contributed by atoms with E-state index in [1.54, 1.807) is 6.92 Å². The molecule has 0 aromatic rings. The van der Waals surface area contributed by atoms with Crippen molar-refractivity contribution in [2.24, 2.45) is 17.3 Å². The first kappa shape index (κ1) is 18.4. The minimum Gasteiger partial charge on any atom is -0.358 e. The monoisotopic (exact) mass is 375 g/mol. The number of hydrogen-bond donors (Lipinski definition) is 0. The summed E-state index contributed by atoms with van der Waals surface area (Å²) in [5.74, 6) is 1.60. The van der Waals surface area contributed by atoms with Gasteiger partial charge in [-0.2, -0.15) is 0 Å². The minimum atomic E-state index is 0.126. The molecule has 0 aromatic carbocycles. The smallest absolute Gasteiger partial charge is 0.234 e. The number of ether oxygens (including phenoxy) is 1. The fourth-order valence-corrected chi connectivity index (χ4v) is 7.81. The van der Waals surface area contributed by atoms with Gasteiger partial charge in [0.1, 0.15) is 6.23 Å². The van der Waals surface area contributed by atoms with E-state index < -0.39 is 0 Å². The first-order chi connectivity index (χ1) is 12.8. The maximum atomic E-state index is 12.5. The van der Waals surface area contributed by atoms with Crippen molar-refractivity contribution in [1.29, 1.82) is 0 Å². The molecule has 2 saturated carbocycles. The van der Waals surface area contributed by atoms with E-state index in [9.17, 15) is 4.79 Å². The van der Waals surface area contributed by atoms with E-state index in [1.165, 1.54) is 38.5 Å². The Labute approximate surface area is 164 Å². The van der Waals surface area contributed by atoms with Crippen LogP contribution < -0.4 is 0 Å². The lowest BCUT2D eigenvalue weighted by molar-refractivity contribution is -0.237. The average Bonchev–Trinajstić information content (AvgIpc) is 3.04. The Bertz CT molecular complexity index is 637. The van der Waals surface area contributed by atoms with E-state index in [4.69, 9.17) is 4.74 Å². The van der Waals surface area contributed by atoms with E-state index in [0.29, 0.717) is 24.1 Å². The standard InChI is InChI=1S/C22H37N3O2/c1-14-9-10-16-17(12-14)27-20-19-22(13-24(20)21(16,3)4)11-7-6-8-18(22)25(15(2)26)23(19)5/h14,16-20H,6-13H2,1-5H3/t14-,16-,17-,18+,19+,20+,22+/m1/s1. The maximum Gasteiger partial charge on any atom is 0.234 e. The molecule has 5 heteroatoms. The third kappa shape index (κ3) is 2.31. The zero-order valence-corrected chi connectivity index (χ0v) is 17.8. The molecule has 27 heavy (non-hydrogen) atoms. The van der Waals surface area contributed by atoms with E-state index in [-0.39, 0.29) is 23.1 Å². The SMILES string of the molecule is CC(=O)N1[C@H]2CCCC[C@]23CN2[C@@H](O[C@@H]4C[C@H](C)CC[C@H]4C2(C)C)[C@@H]3N1C. The van der Waals surface area contributed by atoms with E-state index in [1.807, 2.05) is 0 Å². The van der Waals surface area contributed by atoms with Crippen LogP contribution in [0.2, 0.25) is 0 Å². The van der Waals surface area contributed by atoms with Gasteiger partial charge in [0.2, 0.25) is 5.91 Å². The van der Waals surface area contributed by atoms with E-state index in [2.05, 4.69) is 42.7 Å². The van der Waals surface area contributed by atoms with Gasteiger partial charge in [0.15, 0.2) is 0 Å². The molecule has 1 amide bonds. The highest BCUT2D eigenvalue weighted by molar-refractivity contribution is 5.73. The molecule has 0 aromatic heterocycles. The maximum absolute atomic E-state index is 12.5. The normalized spacial score (nSPS) is 49.3. The lowest BCUT2D eigenvalue weighted by atomic mass is 9.68. The van der Waals surface area contributed by atoms with Gasteiger partial charge in [-0.25, -0.2) is 5.01 Å². The summed E-state index contributed by atoms with van der Waals surface area (Å²) < 4.78 is 6.92. The number of rotatable bonds is 0. The van der Waals surface area contributed by atoms with Crippen LogP contribution in [0.1, 0.15) is 72.6 Å². The molecule has 0 N–H and O–H groups in total. The summed E-state index contributed by atoms with van der Waals surface area (Å²) in [5.41, 5.74) is 0.358. The lowest BCUT2D eigenvalue weighted by Gasteiger charge is -2.56. The second kappa shape index (κ2) is 5.93. The molecule has 3 saturated heterocycles. The fraction of sp³-hybridized carbons (Fsp3) is 0.955. The molecule has 5 fully saturated rings. The van der Waals surface area contributed by atoms with Gasteiger partial charge in [-0.3, -0.25) is 14.7 Å². The van der Waals surface area contributed by atoms with E-state index in [0.717, 1.165) is 18.9 Å². The molecule has 5 nitrogen and oxygen atoms in total. The van der Waals surface area contributed by atoms with Crippen LogP contribution in [0.3, 0.4) is 0 Å². The Hall–Kier alpha value is -0.650. The van der Waals surface area contributed by atoms with Crippen LogP contribution in [-0.2, 0) is 9.53 Å². The Morgan fingerprint density at radius 1 is 1.15 bits per heavy atom.